The first-order chi connectivity index (χ1) is 7.78. The Morgan fingerprint density at radius 3 is 2.56 bits per heavy atom. The quantitative estimate of drug-likeness (QED) is 0.766. The average molecular weight is 235 g/mol. The molecule has 0 atom stereocenters. The highest BCUT2D eigenvalue weighted by molar-refractivity contribution is 6.29. The van der Waals surface area contributed by atoms with Crippen molar-refractivity contribution in [3.8, 4) is 5.75 Å². The Balaban J connectivity index is 2.14. The lowest BCUT2D eigenvalue weighted by Crippen LogP contribution is -1.93. The molecular formula is C12H11ClN2O. The Hall–Kier alpha value is -1.61. The molecule has 0 saturated heterocycles. The monoisotopic (exact) mass is 234 g/mol. The molecule has 82 valence electrons. The largest absolute Gasteiger partial charge is 0.497 e. The van der Waals surface area contributed by atoms with Gasteiger partial charge in [-0.3, -0.25) is 0 Å². The highest BCUT2D eigenvalue weighted by Crippen LogP contribution is 2.14. The first kappa shape index (κ1) is 10.9. The first-order valence-corrected chi connectivity index (χ1v) is 5.25. The van der Waals surface area contributed by atoms with Crippen LogP contribution < -0.4 is 4.74 Å². The number of benzene rings is 1. The minimum absolute atomic E-state index is 0.471. The summed E-state index contributed by atoms with van der Waals surface area (Å²) in [5, 5.41) is 0.471. The second-order valence-electron chi connectivity index (χ2n) is 3.36. The van der Waals surface area contributed by atoms with Gasteiger partial charge in [0, 0.05) is 12.1 Å². The molecule has 16 heavy (non-hydrogen) atoms. The molecule has 0 bridgehead atoms. The number of hydrogen-bond acceptors (Lipinski definition) is 3. The van der Waals surface area contributed by atoms with Crippen LogP contribution in [0.3, 0.4) is 0 Å². The van der Waals surface area contributed by atoms with Gasteiger partial charge in [0.25, 0.3) is 0 Å². The van der Waals surface area contributed by atoms with Crippen LogP contribution in [0.1, 0.15) is 11.3 Å². The van der Waals surface area contributed by atoms with Gasteiger partial charge in [-0.05, 0) is 23.8 Å². The van der Waals surface area contributed by atoms with Crippen molar-refractivity contribution >= 4 is 11.6 Å². The smallest absolute Gasteiger partial charge is 0.132 e. The van der Waals surface area contributed by atoms with Crippen molar-refractivity contribution < 1.29 is 4.74 Å². The van der Waals surface area contributed by atoms with Crippen molar-refractivity contribution in [3.63, 3.8) is 0 Å². The summed E-state index contributed by atoms with van der Waals surface area (Å²) in [4.78, 5) is 7.99. The third-order valence-corrected chi connectivity index (χ3v) is 2.44. The molecule has 0 N–H and O–H groups in total. The van der Waals surface area contributed by atoms with Crippen LogP contribution in [0.25, 0.3) is 0 Å². The molecule has 0 unspecified atom stereocenters. The molecule has 4 heteroatoms. The lowest BCUT2D eigenvalue weighted by Gasteiger charge is -2.03. The minimum Gasteiger partial charge on any atom is -0.497 e. The molecule has 0 fully saturated rings. The van der Waals surface area contributed by atoms with Crippen LogP contribution in [0.15, 0.2) is 36.7 Å². The third kappa shape index (κ3) is 2.70. The standard InChI is InChI=1S/C12H11ClN2O/c1-16-11-4-2-9(3-5-11)6-10-7-12(13)15-8-14-10/h2-5,7-8H,6H2,1H3. The number of hydrogen-bond donors (Lipinski definition) is 0. The molecule has 0 radical (unpaired) electrons. The van der Waals surface area contributed by atoms with Crippen molar-refractivity contribution in [1.82, 2.24) is 9.97 Å². The van der Waals surface area contributed by atoms with Gasteiger partial charge < -0.3 is 4.74 Å². The maximum atomic E-state index is 5.79. The van der Waals surface area contributed by atoms with Gasteiger partial charge in [-0.1, -0.05) is 23.7 Å². The summed E-state index contributed by atoms with van der Waals surface area (Å²) in [5.74, 6) is 0.851. The Labute approximate surface area is 99.1 Å². The zero-order valence-corrected chi connectivity index (χ0v) is 9.61. The summed E-state index contributed by atoms with van der Waals surface area (Å²) in [6, 6.07) is 9.64. The van der Waals surface area contributed by atoms with Gasteiger partial charge in [-0.15, -0.1) is 0 Å². The Morgan fingerprint density at radius 2 is 1.94 bits per heavy atom. The predicted molar refractivity (Wildman–Crippen MR) is 62.8 cm³/mol. The van der Waals surface area contributed by atoms with Crippen LogP contribution in [0.5, 0.6) is 5.75 Å². The topological polar surface area (TPSA) is 35.0 Å². The maximum absolute atomic E-state index is 5.79. The van der Waals surface area contributed by atoms with Crippen molar-refractivity contribution in [1.29, 1.82) is 0 Å². The van der Waals surface area contributed by atoms with E-state index in [0.29, 0.717) is 5.15 Å². The zero-order chi connectivity index (χ0) is 11.4. The van der Waals surface area contributed by atoms with Gasteiger partial charge in [-0.2, -0.15) is 0 Å². The third-order valence-electron chi connectivity index (χ3n) is 2.23. The summed E-state index contributed by atoms with van der Waals surface area (Å²) in [5.41, 5.74) is 2.07. The van der Waals surface area contributed by atoms with Crippen LogP contribution >= 0.6 is 11.6 Å². The fraction of sp³-hybridized carbons (Fsp3) is 0.167. The van der Waals surface area contributed by atoms with Gasteiger partial charge in [0.2, 0.25) is 0 Å². The van der Waals surface area contributed by atoms with Crippen molar-refractivity contribution in [2.45, 2.75) is 6.42 Å². The van der Waals surface area contributed by atoms with Crippen molar-refractivity contribution in [2.24, 2.45) is 0 Å². The van der Waals surface area contributed by atoms with Gasteiger partial charge in [0.15, 0.2) is 0 Å². The van der Waals surface area contributed by atoms with E-state index in [2.05, 4.69) is 9.97 Å². The minimum atomic E-state index is 0.471. The van der Waals surface area contributed by atoms with Gasteiger partial charge in [0.05, 0.1) is 7.11 Å². The number of ether oxygens (including phenoxy) is 1. The van der Waals surface area contributed by atoms with E-state index in [9.17, 15) is 0 Å². The normalized spacial score (nSPS) is 10.1. The molecule has 0 aliphatic carbocycles. The molecule has 1 heterocycles. The van der Waals surface area contributed by atoms with E-state index in [4.69, 9.17) is 16.3 Å². The van der Waals surface area contributed by atoms with Crippen LogP contribution in [-0.2, 0) is 6.42 Å². The Kier molecular flexibility index (Phi) is 3.37. The molecule has 0 aliphatic rings. The van der Waals surface area contributed by atoms with Crippen LogP contribution in [0, 0.1) is 0 Å². The zero-order valence-electron chi connectivity index (χ0n) is 8.85. The number of halogens is 1. The second kappa shape index (κ2) is 4.94. The Morgan fingerprint density at radius 1 is 1.19 bits per heavy atom. The van der Waals surface area contributed by atoms with E-state index in [1.807, 2.05) is 24.3 Å². The van der Waals surface area contributed by atoms with Gasteiger partial charge >= 0.3 is 0 Å². The lowest BCUT2D eigenvalue weighted by atomic mass is 10.1. The van der Waals surface area contributed by atoms with Gasteiger partial charge in [0.1, 0.15) is 17.2 Å². The first-order valence-electron chi connectivity index (χ1n) is 4.87. The molecule has 2 aromatic rings. The van der Waals surface area contributed by atoms with Crippen molar-refractivity contribution in [2.75, 3.05) is 7.11 Å². The summed E-state index contributed by atoms with van der Waals surface area (Å²) < 4.78 is 5.09. The predicted octanol–water partition coefficient (Wildman–Crippen LogP) is 2.73. The number of methoxy groups -OCH3 is 1. The van der Waals surface area contributed by atoms with Crippen LogP contribution in [-0.4, -0.2) is 17.1 Å². The molecule has 0 aliphatic heterocycles. The number of rotatable bonds is 3. The molecule has 0 amide bonds. The molecule has 0 saturated carbocycles. The van der Waals surface area contributed by atoms with E-state index in [1.54, 1.807) is 13.2 Å². The summed E-state index contributed by atoms with van der Waals surface area (Å²) in [7, 11) is 1.65. The molecule has 3 nitrogen and oxygen atoms in total. The van der Waals surface area contributed by atoms with Gasteiger partial charge in [-0.25, -0.2) is 9.97 Å². The molecule has 2 rings (SSSR count). The van der Waals surface area contributed by atoms with Crippen molar-refractivity contribution in [3.05, 3.63) is 53.1 Å². The van der Waals surface area contributed by atoms with E-state index >= 15 is 0 Å². The Bertz CT molecular complexity index is 471. The number of aromatic nitrogens is 2. The van der Waals surface area contributed by atoms with E-state index in [-0.39, 0.29) is 0 Å². The fourth-order valence-corrected chi connectivity index (χ4v) is 1.59. The van der Waals surface area contributed by atoms with E-state index in [0.717, 1.165) is 23.4 Å². The SMILES string of the molecule is COc1ccc(Cc2cc(Cl)ncn2)cc1. The highest BCUT2D eigenvalue weighted by Gasteiger charge is 1.99. The molecule has 0 spiro atoms. The van der Waals surface area contributed by atoms with E-state index < -0.39 is 0 Å². The molecule has 1 aromatic carbocycles. The summed E-state index contributed by atoms with van der Waals surface area (Å²) in [6.07, 6.45) is 2.22. The summed E-state index contributed by atoms with van der Waals surface area (Å²) in [6.45, 7) is 0. The second-order valence-corrected chi connectivity index (χ2v) is 3.74. The van der Waals surface area contributed by atoms with E-state index in [1.165, 1.54) is 6.33 Å². The molecule has 1 aromatic heterocycles. The maximum Gasteiger partial charge on any atom is 0.132 e. The lowest BCUT2D eigenvalue weighted by molar-refractivity contribution is 0.414. The number of nitrogens with zero attached hydrogens (tertiary/aromatic N) is 2. The average Bonchev–Trinajstić information content (AvgIpc) is 2.30. The van der Waals surface area contributed by atoms with Crippen LogP contribution in [0.2, 0.25) is 5.15 Å². The summed E-state index contributed by atoms with van der Waals surface area (Å²) >= 11 is 5.79. The molecular weight excluding hydrogens is 224 g/mol. The highest BCUT2D eigenvalue weighted by atomic mass is 35.5. The fourth-order valence-electron chi connectivity index (χ4n) is 1.42. The van der Waals surface area contributed by atoms with Crippen LogP contribution in [0.4, 0.5) is 0 Å².